The molecule has 0 spiro atoms. The summed E-state index contributed by atoms with van der Waals surface area (Å²) in [7, 11) is 1.72. The van der Waals surface area contributed by atoms with Crippen molar-refractivity contribution in [2.45, 2.75) is 76.3 Å². The van der Waals surface area contributed by atoms with Crippen molar-refractivity contribution in [2.24, 2.45) is 11.1 Å². The number of carbonyl (C=O) groups excluding carboxylic acids is 3. The summed E-state index contributed by atoms with van der Waals surface area (Å²) < 4.78 is 0. The number of hydrogen-bond acceptors (Lipinski definition) is 4. The quantitative estimate of drug-likeness (QED) is 0.243. The maximum absolute atomic E-state index is 14.2. The SMILES string of the molecule is CCC(=O)C1(Cc2ccccc2)CCN(C(=O)[C@@H](Cc2ccc(-c3ccccc3)cc2)N(C)C(=O)/C=C/CC2(N)CCC2)CC1. The molecule has 6 nitrogen and oxygen atoms in total. The fraction of sp³-hybridized carbons (Fsp3) is 0.410. The van der Waals surface area contributed by atoms with Crippen molar-refractivity contribution in [3.63, 3.8) is 0 Å². The number of rotatable bonds is 12. The van der Waals surface area contributed by atoms with Crippen LogP contribution in [0.4, 0.5) is 0 Å². The number of benzene rings is 3. The highest BCUT2D eigenvalue weighted by molar-refractivity contribution is 5.93. The predicted octanol–water partition coefficient (Wildman–Crippen LogP) is 6.38. The smallest absolute Gasteiger partial charge is 0.246 e. The van der Waals surface area contributed by atoms with E-state index in [0.717, 1.165) is 41.5 Å². The molecule has 6 heteroatoms. The average molecular weight is 606 g/mol. The highest BCUT2D eigenvalue weighted by atomic mass is 16.2. The van der Waals surface area contributed by atoms with Crippen molar-refractivity contribution >= 4 is 17.6 Å². The van der Waals surface area contributed by atoms with E-state index < -0.39 is 11.5 Å². The standard InChI is InChI=1S/C39H47N3O3/c1-3-35(43)38(29-31-12-6-4-7-13-31)24-26-42(27-25-38)37(45)34(41(2)36(44)16-10-21-39(40)22-11-23-39)28-30-17-19-33(20-18-30)32-14-8-5-9-15-32/h4-10,12-20,34H,3,11,21-29,40H2,1-2H3/b16-10+/t34-/m1/s1. The lowest BCUT2D eigenvalue weighted by atomic mass is 9.70. The molecule has 0 aromatic heterocycles. The first-order valence-corrected chi connectivity index (χ1v) is 16.4. The van der Waals surface area contributed by atoms with Crippen LogP contribution in [0, 0.1) is 5.41 Å². The number of Topliss-reactive ketones (excluding diaryl/α,β-unsaturated/α-hetero) is 1. The normalized spacial score (nSPS) is 17.8. The van der Waals surface area contributed by atoms with E-state index in [4.69, 9.17) is 5.73 Å². The van der Waals surface area contributed by atoms with Crippen molar-refractivity contribution in [1.82, 2.24) is 9.80 Å². The molecule has 2 amide bonds. The number of nitrogens with zero attached hydrogens (tertiary/aromatic N) is 2. The van der Waals surface area contributed by atoms with Gasteiger partial charge in [-0.25, -0.2) is 0 Å². The topological polar surface area (TPSA) is 83.7 Å². The van der Waals surface area contributed by atoms with Gasteiger partial charge in [-0.3, -0.25) is 14.4 Å². The molecule has 1 atom stereocenters. The van der Waals surface area contributed by atoms with Gasteiger partial charge in [-0.1, -0.05) is 97.9 Å². The Morgan fingerprint density at radius 3 is 2.02 bits per heavy atom. The molecule has 5 rings (SSSR count). The van der Waals surface area contributed by atoms with Crippen LogP contribution in [-0.4, -0.2) is 59.1 Å². The van der Waals surface area contributed by atoms with Crippen LogP contribution in [-0.2, 0) is 27.2 Å². The van der Waals surface area contributed by atoms with Crippen LogP contribution in [0.25, 0.3) is 11.1 Å². The molecule has 1 saturated carbocycles. The van der Waals surface area contributed by atoms with Gasteiger partial charge in [0.15, 0.2) is 0 Å². The third-order valence-corrected chi connectivity index (χ3v) is 10.1. The largest absolute Gasteiger partial charge is 0.341 e. The van der Waals surface area contributed by atoms with Crippen LogP contribution in [0.1, 0.15) is 63.0 Å². The van der Waals surface area contributed by atoms with E-state index in [-0.39, 0.29) is 23.1 Å². The molecule has 2 aliphatic rings. The van der Waals surface area contributed by atoms with Crippen molar-refractivity contribution in [3.05, 3.63) is 108 Å². The number of carbonyl (C=O) groups is 3. The second-order valence-electron chi connectivity index (χ2n) is 13.1. The minimum absolute atomic E-state index is 0.0714. The molecule has 236 valence electrons. The minimum Gasteiger partial charge on any atom is -0.341 e. The number of hydrogen-bond donors (Lipinski definition) is 1. The van der Waals surface area contributed by atoms with Crippen LogP contribution in [0.15, 0.2) is 97.1 Å². The summed E-state index contributed by atoms with van der Waals surface area (Å²) in [5.74, 6) is -0.0122. The molecular formula is C39H47N3O3. The van der Waals surface area contributed by atoms with Crippen molar-refractivity contribution in [1.29, 1.82) is 0 Å². The predicted molar refractivity (Wildman–Crippen MR) is 180 cm³/mol. The molecule has 2 fully saturated rings. The van der Waals surface area contributed by atoms with Crippen molar-refractivity contribution in [3.8, 4) is 11.1 Å². The summed E-state index contributed by atoms with van der Waals surface area (Å²) in [6.45, 7) is 2.92. The maximum atomic E-state index is 14.2. The summed E-state index contributed by atoms with van der Waals surface area (Å²) in [5.41, 5.74) is 10.1. The summed E-state index contributed by atoms with van der Waals surface area (Å²) in [6.07, 6.45) is 9.99. The fourth-order valence-corrected chi connectivity index (χ4v) is 6.86. The van der Waals surface area contributed by atoms with E-state index in [1.165, 1.54) is 0 Å². The van der Waals surface area contributed by atoms with Gasteiger partial charge in [-0.15, -0.1) is 0 Å². The lowest BCUT2D eigenvalue weighted by Crippen LogP contribution is -2.54. The summed E-state index contributed by atoms with van der Waals surface area (Å²) in [6, 6.07) is 27.9. The zero-order valence-corrected chi connectivity index (χ0v) is 26.8. The highest BCUT2D eigenvalue weighted by Gasteiger charge is 2.42. The fourth-order valence-electron chi connectivity index (χ4n) is 6.86. The third-order valence-electron chi connectivity index (χ3n) is 10.1. The van der Waals surface area contributed by atoms with Gasteiger partial charge in [0.25, 0.3) is 0 Å². The first-order valence-electron chi connectivity index (χ1n) is 16.4. The number of likely N-dealkylation sites (N-methyl/N-ethyl adjacent to an activating group) is 1. The van der Waals surface area contributed by atoms with Gasteiger partial charge in [0, 0.05) is 43.9 Å². The van der Waals surface area contributed by atoms with E-state index >= 15 is 0 Å². The third kappa shape index (κ3) is 7.80. The molecule has 2 N–H and O–H groups in total. The molecule has 1 aliphatic carbocycles. The molecular weight excluding hydrogens is 558 g/mol. The van der Waals surface area contributed by atoms with Crippen molar-refractivity contribution in [2.75, 3.05) is 20.1 Å². The Morgan fingerprint density at radius 1 is 0.844 bits per heavy atom. The Labute approximate surface area is 268 Å². The van der Waals surface area contributed by atoms with E-state index in [0.29, 0.717) is 51.6 Å². The minimum atomic E-state index is -0.663. The van der Waals surface area contributed by atoms with E-state index in [1.807, 2.05) is 66.4 Å². The Balaban J connectivity index is 1.33. The van der Waals surface area contributed by atoms with E-state index in [2.05, 4.69) is 36.4 Å². The van der Waals surface area contributed by atoms with Crippen LogP contribution >= 0.6 is 0 Å². The molecule has 0 radical (unpaired) electrons. The molecule has 0 bridgehead atoms. The second kappa shape index (κ2) is 14.4. The van der Waals surface area contributed by atoms with Gasteiger partial charge in [-0.05, 0) is 73.3 Å². The Kier molecular flexibility index (Phi) is 10.3. The Hall–Kier alpha value is -4.03. The van der Waals surface area contributed by atoms with Gasteiger partial charge in [0.2, 0.25) is 11.8 Å². The monoisotopic (exact) mass is 605 g/mol. The highest BCUT2D eigenvalue weighted by Crippen LogP contribution is 2.38. The van der Waals surface area contributed by atoms with E-state index in [1.54, 1.807) is 18.0 Å². The molecule has 1 saturated heterocycles. The zero-order chi connectivity index (χ0) is 31.9. The zero-order valence-electron chi connectivity index (χ0n) is 26.8. The van der Waals surface area contributed by atoms with Crippen LogP contribution < -0.4 is 5.73 Å². The number of ketones is 1. The molecule has 45 heavy (non-hydrogen) atoms. The lowest BCUT2D eigenvalue weighted by molar-refractivity contribution is -0.146. The van der Waals surface area contributed by atoms with Gasteiger partial charge < -0.3 is 15.5 Å². The van der Waals surface area contributed by atoms with Crippen molar-refractivity contribution < 1.29 is 14.4 Å². The number of likely N-dealkylation sites (tertiary alicyclic amines) is 1. The number of piperidine rings is 1. The molecule has 3 aromatic carbocycles. The molecule has 3 aromatic rings. The summed E-state index contributed by atoms with van der Waals surface area (Å²) in [4.78, 5) is 44.4. The van der Waals surface area contributed by atoms with Gasteiger partial charge in [0.1, 0.15) is 11.8 Å². The number of amides is 2. The van der Waals surface area contributed by atoms with Gasteiger partial charge in [0.05, 0.1) is 0 Å². The van der Waals surface area contributed by atoms with E-state index in [9.17, 15) is 14.4 Å². The molecule has 1 aliphatic heterocycles. The average Bonchev–Trinajstić information content (AvgIpc) is 3.06. The molecule has 1 heterocycles. The lowest BCUT2D eigenvalue weighted by Gasteiger charge is -2.42. The van der Waals surface area contributed by atoms with Crippen LogP contribution in [0.3, 0.4) is 0 Å². The van der Waals surface area contributed by atoms with Crippen LogP contribution in [0.2, 0.25) is 0 Å². The van der Waals surface area contributed by atoms with Crippen LogP contribution in [0.5, 0.6) is 0 Å². The van der Waals surface area contributed by atoms with Gasteiger partial charge >= 0.3 is 0 Å². The Bertz CT molecular complexity index is 1470. The summed E-state index contributed by atoms with van der Waals surface area (Å²) in [5, 5.41) is 0. The Morgan fingerprint density at radius 2 is 1.44 bits per heavy atom. The second-order valence-corrected chi connectivity index (χ2v) is 13.1. The summed E-state index contributed by atoms with van der Waals surface area (Å²) >= 11 is 0. The number of nitrogens with two attached hydrogens (primary N) is 1. The first-order chi connectivity index (χ1) is 21.7. The van der Waals surface area contributed by atoms with Gasteiger partial charge in [-0.2, -0.15) is 0 Å². The molecule has 0 unspecified atom stereocenters. The first kappa shape index (κ1) is 32.4. The maximum Gasteiger partial charge on any atom is 0.246 e.